The summed E-state index contributed by atoms with van der Waals surface area (Å²) in [5, 5.41) is 4.34. The maximum Gasteiger partial charge on any atom is 0.231 e. The van der Waals surface area contributed by atoms with Crippen LogP contribution in [-0.4, -0.2) is 43.1 Å². The Morgan fingerprint density at radius 2 is 1.77 bits per heavy atom. The van der Waals surface area contributed by atoms with Gasteiger partial charge in [-0.05, 0) is 24.3 Å². The first-order chi connectivity index (χ1) is 12.9. The first-order valence-electron chi connectivity index (χ1n) is 8.63. The highest BCUT2D eigenvalue weighted by molar-refractivity contribution is 5.90. The smallest absolute Gasteiger partial charge is 0.231 e. The van der Waals surface area contributed by atoms with E-state index in [1.165, 1.54) is 0 Å². The number of hydrogen-bond donors (Lipinski definition) is 1. The molecule has 3 heterocycles. The summed E-state index contributed by atoms with van der Waals surface area (Å²) in [6, 6.07) is 13.8. The monoisotopic (exact) mass is 350 g/mol. The average molecular weight is 350 g/mol. The van der Waals surface area contributed by atoms with Crippen LogP contribution in [0, 0.1) is 0 Å². The Labute approximate surface area is 150 Å². The molecule has 0 atom stereocenters. The molecule has 7 heteroatoms. The van der Waals surface area contributed by atoms with E-state index in [0.29, 0.717) is 19.2 Å². The number of aromatic nitrogens is 2. The van der Waals surface area contributed by atoms with Crippen molar-refractivity contribution in [2.24, 2.45) is 0 Å². The minimum atomic E-state index is 0.256. The lowest BCUT2D eigenvalue weighted by molar-refractivity contribution is 0.122. The van der Waals surface area contributed by atoms with Crippen molar-refractivity contribution in [3.8, 4) is 11.5 Å². The quantitative estimate of drug-likeness (QED) is 0.779. The van der Waals surface area contributed by atoms with E-state index in [-0.39, 0.29) is 6.79 Å². The molecule has 7 nitrogen and oxygen atoms in total. The van der Waals surface area contributed by atoms with Gasteiger partial charge >= 0.3 is 0 Å². The van der Waals surface area contributed by atoms with Crippen LogP contribution in [0.5, 0.6) is 11.5 Å². The molecular weight excluding hydrogens is 332 g/mol. The molecule has 2 aliphatic heterocycles. The van der Waals surface area contributed by atoms with Crippen molar-refractivity contribution < 1.29 is 14.2 Å². The fourth-order valence-corrected chi connectivity index (χ4v) is 3.24. The van der Waals surface area contributed by atoms with Crippen molar-refractivity contribution in [1.82, 2.24) is 9.97 Å². The molecule has 132 valence electrons. The molecule has 1 saturated heterocycles. The Bertz CT molecular complexity index is 957. The number of morpholine rings is 1. The first-order valence-corrected chi connectivity index (χ1v) is 8.63. The van der Waals surface area contributed by atoms with Crippen LogP contribution in [0.3, 0.4) is 0 Å². The Morgan fingerprint density at radius 3 is 2.69 bits per heavy atom. The zero-order chi connectivity index (χ0) is 17.3. The lowest BCUT2D eigenvalue weighted by atomic mass is 10.2. The van der Waals surface area contributed by atoms with Gasteiger partial charge in [-0.3, -0.25) is 0 Å². The molecule has 2 aliphatic rings. The summed E-state index contributed by atoms with van der Waals surface area (Å²) in [7, 11) is 0. The van der Waals surface area contributed by atoms with E-state index in [1.807, 2.05) is 36.4 Å². The van der Waals surface area contributed by atoms with Gasteiger partial charge in [-0.1, -0.05) is 12.1 Å². The molecule has 0 aliphatic carbocycles. The summed E-state index contributed by atoms with van der Waals surface area (Å²) in [4.78, 5) is 11.7. The van der Waals surface area contributed by atoms with Crippen LogP contribution in [0.2, 0.25) is 0 Å². The van der Waals surface area contributed by atoms with Crippen LogP contribution in [0.4, 0.5) is 17.5 Å². The van der Waals surface area contributed by atoms with Gasteiger partial charge < -0.3 is 24.4 Å². The van der Waals surface area contributed by atoms with Gasteiger partial charge in [0.25, 0.3) is 0 Å². The van der Waals surface area contributed by atoms with E-state index < -0.39 is 0 Å². The van der Waals surface area contributed by atoms with Crippen molar-refractivity contribution in [3.63, 3.8) is 0 Å². The summed E-state index contributed by atoms with van der Waals surface area (Å²) in [6.07, 6.45) is 0. The number of para-hydroxylation sites is 1. The Kier molecular flexibility index (Phi) is 3.71. The van der Waals surface area contributed by atoms with Gasteiger partial charge in [-0.15, -0.1) is 0 Å². The topological polar surface area (TPSA) is 68.7 Å². The zero-order valence-electron chi connectivity index (χ0n) is 14.1. The van der Waals surface area contributed by atoms with E-state index in [0.717, 1.165) is 47.0 Å². The SMILES string of the molecule is c1ccc2c(N3CCOCC3)nc(Nc3ccc4c(c3)OCO4)nc2c1. The van der Waals surface area contributed by atoms with Crippen molar-refractivity contribution in [2.75, 3.05) is 43.3 Å². The standard InChI is InChI=1S/C19H18N4O3/c1-2-4-15-14(3-1)18(23-7-9-24-10-8-23)22-19(21-15)20-13-5-6-16-17(11-13)26-12-25-16/h1-6,11H,7-10,12H2,(H,20,21,22). The van der Waals surface area contributed by atoms with Crippen molar-refractivity contribution in [1.29, 1.82) is 0 Å². The van der Waals surface area contributed by atoms with E-state index in [2.05, 4.69) is 21.3 Å². The number of benzene rings is 2. The molecule has 0 amide bonds. The van der Waals surface area contributed by atoms with Gasteiger partial charge in [0.1, 0.15) is 5.82 Å². The summed E-state index contributed by atoms with van der Waals surface area (Å²) in [5.41, 5.74) is 1.77. The second-order valence-electron chi connectivity index (χ2n) is 6.18. The van der Waals surface area contributed by atoms with E-state index >= 15 is 0 Å². The number of anilines is 3. The highest BCUT2D eigenvalue weighted by Gasteiger charge is 2.18. The van der Waals surface area contributed by atoms with Crippen LogP contribution in [-0.2, 0) is 4.74 Å². The Hall–Kier alpha value is -3.06. The van der Waals surface area contributed by atoms with Gasteiger partial charge in [-0.25, -0.2) is 4.98 Å². The van der Waals surface area contributed by atoms with Crippen LogP contribution in [0.25, 0.3) is 10.9 Å². The minimum Gasteiger partial charge on any atom is -0.454 e. The number of fused-ring (bicyclic) bond motifs is 2. The Morgan fingerprint density at radius 1 is 0.923 bits per heavy atom. The summed E-state index contributed by atoms with van der Waals surface area (Å²) >= 11 is 0. The lowest BCUT2D eigenvalue weighted by Gasteiger charge is -2.29. The molecule has 1 aromatic heterocycles. The third-order valence-corrected chi connectivity index (χ3v) is 4.52. The van der Waals surface area contributed by atoms with Crippen molar-refractivity contribution >= 4 is 28.4 Å². The molecule has 0 spiro atoms. The fraction of sp³-hybridized carbons (Fsp3) is 0.263. The van der Waals surface area contributed by atoms with Crippen LogP contribution >= 0.6 is 0 Å². The minimum absolute atomic E-state index is 0.256. The number of nitrogens with one attached hydrogen (secondary N) is 1. The average Bonchev–Trinajstić information content (AvgIpc) is 3.16. The van der Waals surface area contributed by atoms with Crippen LogP contribution in [0.1, 0.15) is 0 Å². The van der Waals surface area contributed by atoms with Crippen molar-refractivity contribution in [3.05, 3.63) is 42.5 Å². The summed E-state index contributed by atoms with van der Waals surface area (Å²) in [5.74, 6) is 2.97. The van der Waals surface area contributed by atoms with E-state index in [4.69, 9.17) is 19.2 Å². The number of hydrogen-bond acceptors (Lipinski definition) is 7. The molecule has 0 unspecified atom stereocenters. The van der Waals surface area contributed by atoms with Gasteiger partial charge in [-0.2, -0.15) is 4.98 Å². The molecule has 0 radical (unpaired) electrons. The highest BCUT2D eigenvalue weighted by atomic mass is 16.7. The largest absolute Gasteiger partial charge is 0.454 e. The second kappa shape index (κ2) is 6.34. The molecule has 3 aromatic rings. The molecule has 0 saturated carbocycles. The molecule has 26 heavy (non-hydrogen) atoms. The molecular formula is C19H18N4O3. The first kappa shape index (κ1) is 15.2. The van der Waals surface area contributed by atoms with Gasteiger partial charge in [0.15, 0.2) is 11.5 Å². The maximum absolute atomic E-state index is 5.48. The molecule has 1 fully saturated rings. The third kappa shape index (κ3) is 2.76. The van der Waals surface area contributed by atoms with E-state index in [9.17, 15) is 0 Å². The lowest BCUT2D eigenvalue weighted by Crippen LogP contribution is -2.37. The van der Waals surface area contributed by atoms with Crippen molar-refractivity contribution in [2.45, 2.75) is 0 Å². The molecule has 5 rings (SSSR count). The zero-order valence-corrected chi connectivity index (χ0v) is 14.1. The van der Waals surface area contributed by atoms with Gasteiger partial charge in [0, 0.05) is 30.2 Å². The fourth-order valence-electron chi connectivity index (χ4n) is 3.24. The van der Waals surface area contributed by atoms with E-state index in [1.54, 1.807) is 0 Å². The normalized spacial score (nSPS) is 16.1. The summed E-state index contributed by atoms with van der Waals surface area (Å²) < 4.78 is 16.3. The highest BCUT2D eigenvalue weighted by Crippen LogP contribution is 2.35. The van der Waals surface area contributed by atoms with Crippen LogP contribution < -0.4 is 19.7 Å². The predicted molar refractivity (Wildman–Crippen MR) is 98.4 cm³/mol. The number of nitrogens with zero attached hydrogens (tertiary/aromatic N) is 3. The molecule has 0 bridgehead atoms. The maximum atomic E-state index is 5.48. The number of rotatable bonds is 3. The third-order valence-electron chi connectivity index (χ3n) is 4.52. The predicted octanol–water partition coefficient (Wildman–Crippen LogP) is 2.94. The second-order valence-corrected chi connectivity index (χ2v) is 6.18. The summed E-state index contributed by atoms with van der Waals surface area (Å²) in [6.45, 7) is 3.33. The molecule has 2 aromatic carbocycles. The Balaban J connectivity index is 1.53. The number of ether oxygens (including phenoxy) is 3. The van der Waals surface area contributed by atoms with Gasteiger partial charge in [0.05, 0.1) is 18.7 Å². The molecule has 1 N–H and O–H groups in total. The van der Waals surface area contributed by atoms with Crippen LogP contribution in [0.15, 0.2) is 42.5 Å². The van der Waals surface area contributed by atoms with Gasteiger partial charge in [0.2, 0.25) is 12.7 Å².